The Morgan fingerprint density at radius 1 is 1.33 bits per heavy atom. The van der Waals surface area contributed by atoms with Crippen molar-refractivity contribution in [3.63, 3.8) is 0 Å². The van der Waals surface area contributed by atoms with Crippen LogP contribution in [0.3, 0.4) is 0 Å². The van der Waals surface area contributed by atoms with Crippen molar-refractivity contribution in [3.8, 4) is 0 Å². The predicted octanol–water partition coefficient (Wildman–Crippen LogP) is 2.57. The van der Waals surface area contributed by atoms with E-state index in [1.165, 1.54) is 18.4 Å². The number of hydrogen-bond donors (Lipinski definition) is 1. The van der Waals surface area contributed by atoms with Gasteiger partial charge in [-0.2, -0.15) is 0 Å². The number of methoxy groups -OCH3 is 1. The maximum absolute atomic E-state index is 11.5. The minimum absolute atomic E-state index is 0.0465. The van der Waals surface area contributed by atoms with Crippen molar-refractivity contribution >= 4 is 39.0 Å². The van der Waals surface area contributed by atoms with Gasteiger partial charge in [-0.05, 0) is 35.6 Å². The van der Waals surface area contributed by atoms with Gasteiger partial charge in [-0.1, -0.05) is 0 Å². The molecular weight excluding hydrogens is 250 g/mol. The lowest BCUT2D eigenvalue weighted by molar-refractivity contribution is -0.116. The number of benzene rings is 1. The zero-order valence-corrected chi connectivity index (χ0v) is 10.6. The quantitative estimate of drug-likeness (QED) is 0.803. The van der Waals surface area contributed by atoms with E-state index >= 15 is 0 Å². The summed E-state index contributed by atoms with van der Waals surface area (Å²) in [7, 11) is 1.37. The second-order valence-corrected chi connectivity index (χ2v) is 5.28. The van der Waals surface area contributed by atoms with E-state index in [0.717, 1.165) is 27.8 Å². The lowest BCUT2D eigenvalue weighted by Crippen LogP contribution is -2.18. The lowest BCUT2D eigenvalue weighted by Gasteiger charge is -2.16. The molecule has 0 aliphatic carbocycles. The number of amides is 1. The van der Waals surface area contributed by atoms with Crippen LogP contribution in [-0.2, 0) is 16.0 Å². The molecule has 0 radical (unpaired) electrons. The van der Waals surface area contributed by atoms with Gasteiger partial charge < -0.3 is 10.1 Å². The number of ether oxygens (including phenoxy) is 1. The van der Waals surface area contributed by atoms with Crippen LogP contribution in [0.15, 0.2) is 18.2 Å². The van der Waals surface area contributed by atoms with Crippen molar-refractivity contribution in [2.75, 3.05) is 12.4 Å². The summed E-state index contributed by atoms with van der Waals surface area (Å²) < 4.78 is 5.76. The molecule has 5 heteroatoms. The average molecular weight is 261 g/mol. The lowest BCUT2D eigenvalue weighted by atomic mass is 10.0. The van der Waals surface area contributed by atoms with Crippen LogP contribution in [0.25, 0.3) is 10.1 Å². The van der Waals surface area contributed by atoms with Crippen LogP contribution >= 0.6 is 11.3 Å². The third-order valence-electron chi connectivity index (χ3n) is 3.02. The van der Waals surface area contributed by atoms with E-state index in [1.807, 2.05) is 12.1 Å². The molecule has 0 bridgehead atoms. The minimum atomic E-state index is -0.321. The summed E-state index contributed by atoms with van der Waals surface area (Å²) in [6.45, 7) is 0. The monoisotopic (exact) mass is 261 g/mol. The molecule has 1 aromatic heterocycles. The number of nitrogens with one attached hydrogen (secondary N) is 1. The molecule has 0 saturated heterocycles. The van der Waals surface area contributed by atoms with Crippen LogP contribution in [0.5, 0.6) is 0 Å². The molecule has 1 N–H and O–H groups in total. The first-order valence-electron chi connectivity index (χ1n) is 5.62. The number of anilines is 1. The summed E-state index contributed by atoms with van der Waals surface area (Å²) in [5.41, 5.74) is 1.98. The fourth-order valence-corrected chi connectivity index (χ4v) is 3.14. The van der Waals surface area contributed by atoms with E-state index in [4.69, 9.17) is 4.74 Å². The Morgan fingerprint density at radius 3 is 2.94 bits per heavy atom. The largest absolute Gasteiger partial charge is 0.465 e. The molecule has 4 nitrogen and oxygen atoms in total. The first kappa shape index (κ1) is 11.2. The summed E-state index contributed by atoms with van der Waals surface area (Å²) in [5, 5.41) is 3.81. The molecule has 1 amide bonds. The van der Waals surface area contributed by atoms with E-state index in [1.54, 1.807) is 6.07 Å². The first-order chi connectivity index (χ1) is 8.67. The van der Waals surface area contributed by atoms with Crippen molar-refractivity contribution in [2.45, 2.75) is 12.8 Å². The maximum Gasteiger partial charge on any atom is 0.348 e. The molecule has 0 unspecified atom stereocenters. The third-order valence-corrected chi connectivity index (χ3v) is 4.10. The van der Waals surface area contributed by atoms with Crippen LogP contribution in [-0.4, -0.2) is 19.0 Å². The Bertz CT molecular complexity index is 660. The van der Waals surface area contributed by atoms with Crippen LogP contribution in [0, 0.1) is 0 Å². The van der Waals surface area contributed by atoms with Crippen LogP contribution < -0.4 is 5.32 Å². The zero-order valence-electron chi connectivity index (χ0n) is 9.78. The topological polar surface area (TPSA) is 55.4 Å². The molecule has 3 rings (SSSR count). The van der Waals surface area contributed by atoms with E-state index < -0.39 is 0 Å². The molecule has 1 aliphatic heterocycles. The number of esters is 1. The maximum atomic E-state index is 11.5. The summed E-state index contributed by atoms with van der Waals surface area (Å²) in [6.07, 6.45) is 1.27. The highest BCUT2D eigenvalue weighted by Crippen LogP contribution is 2.33. The average Bonchev–Trinajstić information content (AvgIpc) is 2.77. The summed E-state index contributed by atoms with van der Waals surface area (Å²) in [6, 6.07) is 5.76. The number of hydrogen-bond acceptors (Lipinski definition) is 4. The van der Waals surface area contributed by atoms with Crippen molar-refractivity contribution < 1.29 is 14.3 Å². The number of aryl methyl sites for hydroxylation is 1. The highest BCUT2D eigenvalue weighted by molar-refractivity contribution is 7.20. The number of thiophene rings is 1. The highest BCUT2D eigenvalue weighted by Gasteiger charge is 2.17. The molecule has 0 fully saturated rings. The van der Waals surface area contributed by atoms with E-state index in [9.17, 15) is 9.59 Å². The Kier molecular flexibility index (Phi) is 2.56. The first-order valence-corrected chi connectivity index (χ1v) is 6.43. The second-order valence-electron chi connectivity index (χ2n) is 4.20. The zero-order chi connectivity index (χ0) is 12.7. The van der Waals surface area contributed by atoms with Gasteiger partial charge in [0.25, 0.3) is 0 Å². The Hall–Kier alpha value is -1.88. The van der Waals surface area contributed by atoms with Gasteiger partial charge in [0, 0.05) is 16.8 Å². The van der Waals surface area contributed by atoms with Gasteiger partial charge in [-0.25, -0.2) is 4.79 Å². The fraction of sp³-hybridized carbons (Fsp3) is 0.231. The van der Waals surface area contributed by atoms with Crippen LogP contribution in [0.4, 0.5) is 5.69 Å². The van der Waals surface area contributed by atoms with Gasteiger partial charge in [-0.15, -0.1) is 11.3 Å². The molecule has 92 valence electrons. The number of fused-ring (bicyclic) bond motifs is 2. The fourth-order valence-electron chi connectivity index (χ4n) is 2.11. The molecule has 0 spiro atoms. The summed E-state index contributed by atoms with van der Waals surface area (Å²) in [5.74, 6) is -0.275. The van der Waals surface area contributed by atoms with Gasteiger partial charge in [0.05, 0.1) is 7.11 Å². The molecule has 18 heavy (non-hydrogen) atoms. The molecule has 0 atom stereocenters. The molecule has 2 aromatic rings. The minimum Gasteiger partial charge on any atom is -0.465 e. The number of carbonyl (C=O) groups is 2. The van der Waals surface area contributed by atoms with Crippen molar-refractivity contribution in [2.24, 2.45) is 0 Å². The smallest absolute Gasteiger partial charge is 0.348 e. The Morgan fingerprint density at radius 2 is 2.17 bits per heavy atom. The number of rotatable bonds is 1. The van der Waals surface area contributed by atoms with Gasteiger partial charge in [0.2, 0.25) is 5.91 Å². The SMILES string of the molecule is COC(=O)c1cc2cc3c(cc2s1)CCC(=O)N3. The Balaban J connectivity index is 2.12. The number of carbonyl (C=O) groups excluding carboxylic acids is 2. The molecule has 0 saturated carbocycles. The molecular formula is C13H11NO3S. The predicted molar refractivity (Wildman–Crippen MR) is 70.1 cm³/mol. The third kappa shape index (κ3) is 1.76. The van der Waals surface area contributed by atoms with Crippen molar-refractivity contribution in [3.05, 3.63) is 28.6 Å². The highest BCUT2D eigenvalue weighted by atomic mass is 32.1. The normalized spacial score (nSPS) is 14.2. The van der Waals surface area contributed by atoms with Crippen molar-refractivity contribution in [1.82, 2.24) is 0 Å². The van der Waals surface area contributed by atoms with Crippen LogP contribution in [0.2, 0.25) is 0 Å². The van der Waals surface area contributed by atoms with Gasteiger partial charge in [-0.3, -0.25) is 4.79 Å². The van der Waals surface area contributed by atoms with Crippen molar-refractivity contribution in [1.29, 1.82) is 0 Å². The second kappa shape index (κ2) is 4.10. The summed E-state index contributed by atoms with van der Waals surface area (Å²) in [4.78, 5) is 23.4. The van der Waals surface area contributed by atoms with Gasteiger partial charge in [0.15, 0.2) is 0 Å². The van der Waals surface area contributed by atoms with E-state index in [-0.39, 0.29) is 11.9 Å². The Labute approximate surface area is 108 Å². The van der Waals surface area contributed by atoms with E-state index in [2.05, 4.69) is 5.32 Å². The van der Waals surface area contributed by atoms with Gasteiger partial charge >= 0.3 is 5.97 Å². The van der Waals surface area contributed by atoms with Crippen LogP contribution in [0.1, 0.15) is 21.7 Å². The molecule has 2 heterocycles. The molecule has 1 aliphatic rings. The van der Waals surface area contributed by atoms with Gasteiger partial charge in [0.1, 0.15) is 4.88 Å². The standard InChI is InChI=1S/C13H11NO3S/c1-17-13(16)11-6-8-4-9-7(5-10(8)18-11)2-3-12(15)14-9/h4-6H,2-3H2,1H3,(H,14,15). The van der Waals surface area contributed by atoms with E-state index in [0.29, 0.717) is 11.3 Å². The summed E-state index contributed by atoms with van der Waals surface area (Å²) >= 11 is 1.42. The molecule has 1 aromatic carbocycles.